The second kappa shape index (κ2) is 9.01. The minimum atomic E-state index is -4.87. The monoisotopic (exact) mass is 469 g/mol. The van der Waals surface area contributed by atoms with Crippen molar-refractivity contribution in [2.45, 2.75) is 6.18 Å². The van der Waals surface area contributed by atoms with Crippen LogP contribution in [0.3, 0.4) is 0 Å². The van der Waals surface area contributed by atoms with Crippen molar-refractivity contribution < 1.29 is 27.2 Å². The van der Waals surface area contributed by atoms with Gasteiger partial charge in [-0.2, -0.15) is 13.2 Å². The second-order valence-corrected chi connectivity index (χ2v) is 7.63. The van der Waals surface area contributed by atoms with Crippen LogP contribution in [0, 0.1) is 5.82 Å². The first-order valence-corrected chi connectivity index (χ1v) is 10.2. The van der Waals surface area contributed by atoms with Gasteiger partial charge in [0.15, 0.2) is 0 Å². The predicted octanol–water partition coefficient (Wildman–Crippen LogP) is 5.45. The van der Waals surface area contributed by atoms with Crippen LogP contribution in [0.15, 0.2) is 79.0 Å². The Kier molecular flexibility index (Phi) is 6.10. The number of benzene rings is 3. The Morgan fingerprint density at radius 1 is 1.00 bits per heavy atom. The number of nitrogens with one attached hydrogen (secondary N) is 1. The van der Waals surface area contributed by atoms with Gasteiger partial charge in [0, 0.05) is 24.9 Å². The Balaban J connectivity index is 1.72. The van der Waals surface area contributed by atoms with Crippen molar-refractivity contribution in [2.24, 2.45) is 0 Å². The van der Waals surface area contributed by atoms with Gasteiger partial charge in [-0.05, 0) is 29.8 Å². The van der Waals surface area contributed by atoms with Gasteiger partial charge < -0.3 is 10.2 Å². The molecule has 1 aliphatic rings. The molecule has 0 bridgehead atoms. The number of para-hydroxylation sites is 1. The number of alkyl halides is 3. The van der Waals surface area contributed by atoms with Crippen LogP contribution in [0.4, 0.5) is 34.6 Å². The third kappa shape index (κ3) is 4.63. The Morgan fingerprint density at radius 2 is 1.74 bits per heavy atom. The fourth-order valence-electron chi connectivity index (χ4n) is 3.76. The largest absolute Gasteiger partial charge is 0.418 e. The lowest BCUT2D eigenvalue weighted by molar-refractivity contribution is -0.137. The molecular formula is C25H19F4N3O2. The molecule has 5 nitrogen and oxygen atoms in total. The SMILES string of the molecule is CN1C=CC(=O)N(CC(=O)Nc2ccc(F)cc2C(F)(F)F)c2c(-c3ccccc3)cccc21. The average molecular weight is 469 g/mol. The number of fused-ring (bicyclic) bond motifs is 1. The van der Waals surface area contributed by atoms with E-state index in [0.717, 1.165) is 17.7 Å². The predicted molar refractivity (Wildman–Crippen MR) is 122 cm³/mol. The highest BCUT2D eigenvalue weighted by molar-refractivity contribution is 6.12. The van der Waals surface area contributed by atoms with E-state index in [1.807, 2.05) is 36.4 Å². The molecule has 0 aliphatic carbocycles. The molecule has 0 unspecified atom stereocenters. The van der Waals surface area contributed by atoms with Gasteiger partial charge in [-0.1, -0.05) is 42.5 Å². The maximum Gasteiger partial charge on any atom is 0.418 e. The molecule has 34 heavy (non-hydrogen) atoms. The minimum Gasteiger partial charge on any atom is -0.349 e. The molecule has 3 aromatic rings. The van der Waals surface area contributed by atoms with Crippen LogP contribution in [0.5, 0.6) is 0 Å². The van der Waals surface area contributed by atoms with E-state index in [0.29, 0.717) is 23.0 Å². The van der Waals surface area contributed by atoms with Crippen LogP contribution in [0.2, 0.25) is 0 Å². The number of halogens is 4. The number of carbonyl (C=O) groups excluding carboxylic acids is 2. The molecular weight excluding hydrogens is 450 g/mol. The quantitative estimate of drug-likeness (QED) is 0.518. The van der Waals surface area contributed by atoms with Crippen molar-refractivity contribution in [3.8, 4) is 11.1 Å². The third-order valence-corrected chi connectivity index (χ3v) is 5.32. The zero-order valence-corrected chi connectivity index (χ0v) is 17.9. The van der Waals surface area contributed by atoms with Crippen LogP contribution in [0.1, 0.15) is 5.56 Å². The molecule has 0 saturated carbocycles. The summed E-state index contributed by atoms with van der Waals surface area (Å²) in [6, 6.07) is 16.6. The highest BCUT2D eigenvalue weighted by Gasteiger charge is 2.35. The van der Waals surface area contributed by atoms with Crippen LogP contribution in [-0.4, -0.2) is 25.4 Å². The number of hydrogen-bond donors (Lipinski definition) is 1. The first kappa shape index (κ1) is 23.0. The van der Waals surface area contributed by atoms with Gasteiger partial charge in [0.2, 0.25) is 5.91 Å². The van der Waals surface area contributed by atoms with E-state index >= 15 is 0 Å². The van der Waals surface area contributed by atoms with E-state index in [9.17, 15) is 27.2 Å². The Labute approximate surface area is 192 Å². The number of carbonyl (C=O) groups is 2. The summed E-state index contributed by atoms with van der Waals surface area (Å²) in [4.78, 5) is 28.7. The molecule has 0 aromatic heterocycles. The topological polar surface area (TPSA) is 52.7 Å². The van der Waals surface area contributed by atoms with Crippen LogP contribution in [-0.2, 0) is 15.8 Å². The fourth-order valence-corrected chi connectivity index (χ4v) is 3.76. The molecule has 9 heteroatoms. The van der Waals surface area contributed by atoms with Crippen LogP contribution >= 0.6 is 0 Å². The van der Waals surface area contributed by atoms with Crippen molar-refractivity contribution in [1.29, 1.82) is 0 Å². The lowest BCUT2D eigenvalue weighted by atomic mass is 10.0. The van der Waals surface area contributed by atoms with Crippen molar-refractivity contribution in [2.75, 3.05) is 28.7 Å². The molecule has 0 spiro atoms. The summed E-state index contributed by atoms with van der Waals surface area (Å²) in [6.07, 6.45) is -2.04. The molecule has 0 saturated heterocycles. The lowest BCUT2D eigenvalue weighted by Crippen LogP contribution is -2.37. The summed E-state index contributed by atoms with van der Waals surface area (Å²) < 4.78 is 53.4. The zero-order valence-electron chi connectivity index (χ0n) is 17.9. The van der Waals surface area contributed by atoms with Gasteiger partial charge in [0.25, 0.3) is 5.91 Å². The molecule has 3 aromatic carbocycles. The van der Waals surface area contributed by atoms with Crippen LogP contribution in [0.25, 0.3) is 11.1 Å². The van der Waals surface area contributed by atoms with E-state index in [-0.39, 0.29) is 0 Å². The fraction of sp³-hybridized carbons (Fsp3) is 0.120. The Bertz CT molecular complexity index is 1270. The molecule has 1 heterocycles. The first-order valence-electron chi connectivity index (χ1n) is 10.2. The molecule has 2 amide bonds. The van der Waals surface area contributed by atoms with Crippen molar-refractivity contribution in [3.05, 3.63) is 90.4 Å². The van der Waals surface area contributed by atoms with Crippen molar-refractivity contribution in [1.82, 2.24) is 0 Å². The maximum atomic E-state index is 13.4. The van der Waals surface area contributed by atoms with Crippen molar-refractivity contribution >= 4 is 28.9 Å². The molecule has 0 radical (unpaired) electrons. The van der Waals surface area contributed by atoms with Gasteiger partial charge in [-0.25, -0.2) is 4.39 Å². The first-order chi connectivity index (χ1) is 16.1. The number of rotatable bonds is 4. The van der Waals surface area contributed by atoms with Crippen molar-refractivity contribution in [3.63, 3.8) is 0 Å². The Hall–Kier alpha value is -4.14. The summed E-state index contributed by atoms with van der Waals surface area (Å²) in [6.45, 7) is -0.553. The highest BCUT2D eigenvalue weighted by Crippen LogP contribution is 2.40. The van der Waals surface area contributed by atoms with Gasteiger partial charge in [0.1, 0.15) is 12.4 Å². The van der Waals surface area contributed by atoms with E-state index in [4.69, 9.17) is 0 Å². The average Bonchev–Trinajstić information content (AvgIpc) is 2.92. The van der Waals surface area contributed by atoms with Gasteiger partial charge >= 0.3 is 6.18 Å². The molecule has 1 aliphatic heterocycles. The third-order valence-electron chi connectivity index (χ3n) is 5.32. The molecule has 1 N–H and O–H groups in total. The van der Waals surface area contributed by atoms with Gasteiger partial charge in [0.05, 0.1) is 22.6 Å². The van der Waals surface area contributed by atoms with E-state index in [1.54, 1.807) is 30.3 Å². The zero-order chi connectivity index (χ0) is 24.5. The number of anilines is 3. The van der Waals surface area contributed by atoms with E-state index < -0.39 is 41.6 Å². The molecule has 0 atom stereocenters. The molecule has 0 fully saturated rings. The van der Waals surface area contributed by atoms with E-state index in [1.165, 1.54) is 11.0 Å². The molecule has 4 rings (SSSR count). The Morgan fingerprint density at radius 3 is 2.44 bits per heavy atom. The minimum absolute atomic E-state index is 0.313. The standard InChI is InChI=1S/C25H19F4N3O2/c1-31-13-12-23(34)32(24-18(8-5-9-21(24)31)16-6-3-2-4-7-16)15-22(33)30-20-11-10-17(26)14-19(20)25(27,28)29/h2-14H,15H2,1H3,(H,30,33). The summed E-state index contributed by atoms with van der Waals surface area (Å²) in [5.41, 5.74) is 0.641. The lowest BCUT2D eigenvalue weighted by Gasteiger charge is -2.27. The van der Waals surface area contributed by atoms with Gasteiger partial charge in [-0.3, -0.25) is 14.5 Å². The number of amides is 2. The molecule has 174 valence electrons. The smallest absolute Gasteiger partial charge is 0.349 e. The summed E-state index contributed by atoms with van der Waals surface area (Å²) in [7, 11) is 1.75. The normalized spacial score (nSPS) is 13.5. The number of hydrogen-bond acceptors (Lipinski definition) is 3. The summed E-state index contributed by atoms with van der Waals surface area (Å²) >= 11 is 0. The summed E-state index contributed by atoms with van der Waals surface area (Å²) in [5, 5.41) is 2.18. The number of nitrogens with zero attached hydrogens (tertiary/aromatic N) is 2. The van der Waals surface area contributed by atoms with E-state index in [2.05, 4.69) is 5.32 Å². The highest BCUT2D eigenvalue weighted by atomic mass is 19.4. The second-order valence-electron chi connectivity index (χ2n) is 7.63. The maximum absolute atomic E-state index is 13.4. The van der Waals surface area contributed by atoms with Gasteiger partial charge in [-0.15, -0.1) is 0 Å². The van der Waals surface area contributed by atoms with Crippen LogP contribution < -0.4 is 15.1 Å². The summed E-state index contributed by atoms with van der Waals surface area (Å²) in [5.74, 6) is -2.46.